The lowest BCUT2D eigenvalue weighted by molar-refractivity contribution is 0.151. The Morgan fingerprint density at radius 3 is 2.41 bits per heavy atom. The number of rotatable bonds is 4. The highest BCUT2D eigenvalue weighted by Crippen LogP contribution is 2.19. The van der Waals surface area contributed by atoms with E-state index in [1.807, 2.05) is 51.0 Å². The number of hydrogen-bond donors (Lipinski definition) is 1. The Balaban J connectivity index is 2.51. The molecule has 0 radical (unpaired) electrons. The van der Waals surface area contributed by atoms with Crippen LogP contribution in [-0.4, -0.2) is 38.2 Å². The summed E-state index contributed by atoms with van der Waals surface area (Å²) in [6.07, 6.45) is -0.399. The number of ether oxygens (including phenoxy) is 1. The fourth-order valence-electron chi connectivity index (χ4n) is 1.47. The molecule has 0 aliphatic carbocycles. The second-order valence-corrected chi connectivity index (χ2v) is 4.33. The Kier molecular flexibility index (Phi) is 4.97. The van der Waals surface area contributed by atoms with Gasteiger partial charge in [-0.3, -0.25) is 5.32 Å². The molecule has 0 aliphatic heterocycles. The van der Waals surface area contributed by atoms with E-state index in [-0.39, 0.29) is 0 Å². The van der Waals surface area contributed by atoms with Crippen LogP contribution in [-0.2, 0) is 4.74 Å². The number of aryl methyl sites for hydroxylation is 2. The summed E-state index contributed by atoms with van der Waals surface area (Å²) in [7, 11) is 3.87. The predicted molar refractivity (Wildman–Crippen MR) is 69.4 cm³/mol. The topological polar surface area (TPSA) is 41.6 Å². The van der Waals surface area contributed by atoms with E-state index in [0.29, 0.717) is 6.61 Å². The van der Waals surface area contributed by atoms with Gasteiger partial charge in [0.2, 0.25) is 0 Å². The van der Waals surface area contributed by atoms with Crippen molar-refractivity contribution >= 4 is 11.8 Å². The van der Waals surface area contributed by atoms with Gasteiger partial charge in [0.1, 0.15) is 6.61 Å². The van der Waals surface area contributed by atoms with Crippen LogP contribution in [0.3, 0.4) is 0 Å². The Morgan fingerprint density at radius 1 is 1.29 bits per heavy atom. The minimum atomic E-state index is -0.399. The highest BCUT2D eigenvalue weighted by molar-refractivity contribution is 5.86. The molecule has 94 valence electrons. The van der Waals surface area contributed by atoms with Crippen molar-refractivity contribution in [3.8, 4) is 0 Å². The maximum Gasteiger partial charge on any atom is 0.411 e. The van der Waals surface area contributed by atoms with Crippen LogP contribution in [0.4, 0.5) is 10.5 Å². The number of para-hydroxylation sites is 1. The van der Waals surface area contributed by atoms with Crippen molar-refractivity contribution in [1.29, 1.82) is 0 Å². The molecule has 17 heavy (non-hydrogen) atoms. The monoisotopic (exact) mass is 236 g/mol. The number of amides is 1. The van der Waals surface area contributed by atoms with Gasteiger partial charge in [-0.1, -0.05) is 18.2 Å². The van der Waals surface area contributed by atoms with Crippen molar-refractivity contribution in [2.75, 3.05) is 32.6 Å². The van der Waals surface area contributed by atoms with Crippen molar-refractivity contribution < 1.29 is 9.53 Å². The first-order valence-electron chi connectivity index (χ1n) is 5.65. The number of anilines is 1. The maximum absolute atomic E-state index is 11.5. The summed E-state index contributed by atoms with van der Waals surface area (Å²) in [5, 5.41) is 2.77. The smallest absolute Gasteiger partial charge is 0.411 e. The average molecular weight is 236 g/mol. The third-order valence-electron chi connectivity index (χ3n) is 2.48. The summed E-state index contributed by atoms with van der Waals surface area (Å²) in [4.78, 5) is 13.5. The summed E-state index contributed by atoms with van der Waals surface area (Å²) >= 11 is 0. The van der Waals surface area contributed by atoms with Gasteiger partial charge in [0.05, 0.1) is 0 Å². The van der Waals surface area contributed by atoms with Crippen molar-refractivity contribution in [2.45, 2.75) is 13.8 Å². The summed E-state index contributed by atoms with van der Waals surface area (Å²) in [6, 6.07) is 5.89. The molecule has 0 aromatic heterocycles. The molecule has 0 aliphatic rings. The molecule has 0 atom stereocenters. The van der Waals surface area contributed by atoms with Crippen LogP contribution in [0, 0.1) is 13.8 Å². The summed E-state index contributed by atoms with van der Waals surface area (Å²) < 4.78 is 5.08. The van der Waals surface area contributed by atoms with Gasteiger partial charge in [0, 0.05) is 12.2 Å². The first-order valence-corrected chi connectivity index (χ1v) is 5.65. The second kappa shape index (κ2) is 6.25. The summed E-state index contributed by atoms with van der Waals surface area (Å²) in [6.45, 7) is 5.04. The molecule has 0 saturated carbocycles. The van der Waals surface area contributed by atoms with E-state index in [1.165, 1.54) is 0 Å². The molecule has 0 unspecified atom stereocenters. The van der Waals surface area contributed by atoms with Crippen molar-refractivity contribution in [1.82, 2.24) is 4.90 Å². The van der Waals surface area contributed by atoms with E-state index in [4.69, 9.17) is 4.74 Å². The zero-order valence-corrected chi connectivity index (χ0v) is 10.9. The Labute approximate surface area is 103 Å². The lowest BCUT2D eigenvalue weighted by Gasteiger charge is -2.13. The molecule has 1 aromatic rings. The van der Waals surface area contributed by atoms with E-state index in [9.17, 15) is 4.79 Å². The number of nitrogens with one attached hydrogen (secondary N) is 1. The van der Waals surface area contributed by atoms with Crippen LogP contribution >= 0.6 is 0 Å². The fraction of sp³-hybridized carbons (Fsp3) is 0.462. The van der Waals surface area contributed by atoms with E-state index in [1.54, 1.807) is 0 Å². The van der Waals surface area contributed by atoms with Crippen LogP contribution in [0.1, 0.15) is 11.1 Å². The van der Waals surface area contributed by atoms with Crippen LogP contribution in [0.25, 0.3) is 0 Å². The molecule has 0 fully saturated rings. The third-order valence-corrected chi connectivity index (χ3v) is 2.48. The maximum atomic E-state index is 11.5. The Morgan fingerprint density at radius 2 is 1.88 bits per heavy atom. The molecule has 4 heteroatoms. The van der Waals surface area contributed by atoms with Gasteiger partial charge in [-0.2, -0.15) is 0 Å². The lowest BCUT2D eigenvalue weighted by Crippen LogP contribution is -2.22. The summed E-state index contributed by atoms with van der Waals surface area (Å²) in [5.41, 5.74) is 2.91. The molecule has 1 N–H and O–H groups in total. The Hall–Kier alpha value is -1.55. The number of hydrogen-bond acceptors (Lipinski definition) is 3. The van der Waals surface area contributed by atoms with E-state index in [0.717, 1.165) is 23.4 Å². The minimum Gasteiger partial charge on any atom is -0.448 e. The zero-order chi connectivity index (χ0) is 12.8. The van der Waals surface area contributed by atoms with Crippen LogP contribution < -0.4 is 5.32 Å². The summed E-state index contributed by atoms with van der Waals surface area (Å²) in [5.74, 6) is 0. The molecule has 0 saturated heterocycles. The fourth-order valence-corrected chi connectivity index (χ4v) is 1.47. The predicted octanol–water partition coefficient (Wildman–Crippen LogP) is 2.41. The molecule has 4 nitrogen and oxygen atoms in total. The van der Waals surface area contributed by atoms with Crippen LogP contribution in [0.2, 0.25) is 0 Å². The largest absolute Gasteiger partial charge is 0.448 e. The SMILES string of the molecule is Cc1cccc(C)c1NC(=O)OCCN(C)C. The molecule has 1 amide bonds. The van der Waals surface area contributed by atoms with Gasteiger partial charge >= 0.3 is 6.09 Å². The molecule has 0 bridgehead atoms. The molecule has 0 spiro atoms. The zero-order valence-electron chi connectivity index (χ0n) is 10.9. The second-order valence-electron chi connectivity index (χ2n) is 4.33. The van der Waals surface area contributed by atoms with E-state index < -0.39 is 6.09 Å². The van der Waals surface area contributed by atoms with E-state index >= 15 is 0 Å². The van der Waals surface area contributed by atoms with Gasteiger partial charge in [0.25, 0.3) is 0 Å². The minimum absolute atomic E-state index is 0.393. The lowest BCUT2D eigenvalue weighted by atomic mass is 10.1. The molecular weight excluding hydrogens is 216 g/mol. The van der Waals surface area contributed by atoms with Crippen LogP contribution in [0.15, 0.2) is 18.2 Å². The quantitative estimate of drug-likeness (QED) is 0.873. The standard InChI is InChI=1S/C13H20N2O2/c1-10-6-5-7-11(2)12(10)14-13(16)17-9-8-15(3)4/h5-7H,8-9H2,1-4H3,(H,14,16). The highest BCUT2D eigenvalue weighted by Gasteiger charge is 2.07. The normalized spacial score (nSPS) is 10.4. The number of nitrogens with zero attached hydrogens (tertiary/aromatic N) is 1. The van der Waals surface area contributed by atoms with Crippen molar-refractivity contribution in [2.24, 2.45) is 0 Å². The van der Waals surface area contributed by atoms with Gasteiger partial charge in [-0.25, -0.2) is 4.79 Å². The van der Waals surface area contributed by atoms with E-state index in [2.05, 4.69) is 5.32 Å². The molecule has 0 heterocycles. The van der Waals surface area contributed by atoms with Gasteiger partial charge < -0.3 is 9.64 Å². The first-order chi connectivity index (χ1) is 8.00. The Bertz CT molecular complexity index is 369. The highest BCUT2D eigenvalue weighted by atomic mass is 16.5. The number of benzene rings is 1. The first kappa shape index (κ1) is 13.5. The van der Waals surface area contributed by atoms with Gasteiger partial charge in [-0.05, 0) is 39.1 Å². The number of carbonyl (C=O) groups excluding carboxylic acids is 1. The van der Waals surface area contributed by atoms with Crippen LogP contribution in [0.5, 0.6) is 0 Å². The number of carbonyl (C=O) groups is 1. The molecule has 1 aromatic carbocycles. The van der Waals surface area contributed by atoms with Gasteiger partial charge in [-0.15, -0.1) is 0 Å². The third kappa shape index (κ3) is 4.44. The average Bonchev–Trinajstić information content (AvgIpc) is 2.23. The number of likely N-dealkylation sites (N-methyl/N-ethyl adjacent to an activating group) is 1. The van der Waals surface area contributed by atoms with Crippen molar-refractivity contribution in [3.05, 3.63) is 29.3 Å². The molecular formula is C13H20N2O2. The van der Waals surface area contributed by atoms with Crippen molar-refractivity contribution in [3.63, 3.8) is 0 Å². The molecule has 1 rings (SSSR count). The van der Waals surface area contributed by atoms with Gasteiger partial charge in [0.15, 0.2) is 0 Å².